The van der Waals surface area contributed by atoms with Crippen LogP contribution in [0, 0.1) is 5.92 Å². The average Bonchev–Trinajstić information content (AvgIpc) is 2.42. The minimum absolute atomic E-state index is 0.0565. The predicted octanol–water partition coefficient (Wildman–Crippen LogP) is 1.40. The van der Waals surface area contributed by atoms with Gasteiger partial charge in [0.25, 0.3) is 0 Å². The van der Waals surface area contributed by atoms with E-state index in [1.54, 1.807) is 0 Å². The summed E-state index contributed by atoms with van der Waals surface area (Å²) >= 11 is 0. The van der Waals surface area contributed by atoms with Crippen molar-refractivity contribution in [3.05, 3.63) is 29.8 Å². The van der Waals surface area contributed by atoms with E-state index in [0.717, 1.165) is 24.2 Å². The van der Waals surface area contributed by atoms with Gasteiger partial charge in [-0.1, -0.05) is 19.1 Å². The van der Waals surface area contributed by atoms with Gasteiger partial charge in [0.1, 0.15) is 0 Å². The molecule has 0 aliphatic heterocycles. The Balaban J connectivity index is 2.62. The van der Waals surface area contributed by atoms with Crippen LogP contribution in [-0.2, 0) is 11.2 Å². The third kappa shape index (κ3) is 4.91. The first kappa shape index (κ1) is 15.5. The van der Waals surface area contributed by atoms with Crippen molar-refractivity contribution in [3.63, 3.8) is 0 Å². The molecule has 0 saturated carbocycles. The topological polar surface area (TPSA) is 58.4 Å². The van der Waals surface area contributed by atoms with Crippen molar-refractivity contribution in [2.45, 2.75) is 19.8 Å². The molecule has 0 aliphatic rings. The van der Waals surface area contributed by atoms with Crippen LogP contribution in [0.4, 0.5) is 5.69 Å². The van der Waals surface area contributed by atoms with Crippen LogP contribution >= 0.6 is 0 Å². The lowest BCUT2D eigenvalue weighted by Gasteiger charge is -2.16. The zero-order valence-corrected chi connectivity index (χ0v) is 12.1. The Morgan fingerprint density at radius 3 is 2.42 bits per heavy atom. The fourth-order valence-corrected chi connectivity index (χ4v) is 1.89. The van der Waals surface area contributed by atoms with Gasteiger partial charge in [-0.2, -0.15) is 0 Å². The number of carbonyl (C=O) groups excluding carboxylic acids is 1. The number of nitrogens with one attached hydrogen (secondary N) is 1. The lowest BCUT2D eigenvalue weighted by molar-refractivity contribution is -0.124. The summed E-state index contributed by atoms with van der Waals surface area (Å²) in [6.45, 7) is 3.14. The number of carbonyl (C=O) groups is 1. The summed E-state index contributed by atoms with van der Waals surface area (Å²) in [7, 11) is 4.02. The minimum atomic E-state index is -0.142. The van der Waals surface area contributed by atoms with E-state index >= 15 is 0 Å². The highest BCUT2D eigenvalue weighted by Crippen LogP contribution is 2.15. The Morgan fingerprint density at radius 1 is 1.32 bits per heavy atom. The maximum atomic E-state index is 11.9. The van der Waals surface area contributed by atoms with Gasteiger partial charge < -0.3 is 16.0 Å². The van der Waals surface area contributed by atoms with E-state index in [2.05, 4.69) is 34.5 Å². The van der Waals surface area contributed by atoms with Gasteiger partial charge in [0.05, 0.1) is 5.92 Å². The summed E-state index contributed by atoms with van der Waals surface area (Å²) in [5.41, 5.74) is 8.00. The highest BCUT2D eigenvalue weighted by atomic mass is 16.1. The van der Waals surface area contributed by atoms with Crippen LogP contribution in [0.5, 0.6) is 0 Å². The molecule has 4 heteroatoms. The molecule has 0 spiro atoms. The number of anilines is 1. The van der Waals surface area contributed by atoms with Gasteiger partial charge >= 0.3 is 0 Å². The van der Waals surface area contributed by atoms with Crippen molar-refractivity contribution in [2.24, 2.45) is 11.7 Å². The molecule has 4 nitrogen and oxygen atoms in total. The molecular formula is C15H25N3O. The molecule has 0 aliphatic carbocycles. The highest BCUT2D eigenvalue weighted by Gasteiger charge is 2.16. The lowest BCUT2D eigenvalue weighted by atomic mass is 9.98. The largest absolute Gasteiger partial charge is 0.378 e. The molecule has 0 radical (unpaired) electrons. The summed E-state index contributed by atoms with van der Waals surface area (Å²) in [5.74, 6) is -0.0854. The van der Waals surface area contributed by atoms with Crippen LogP contribution < -0.4 is 16.0 Å². The van der Waals surface area contributed by atoms with E-state index < -0.39 is 0 Å². The van der Waals surface area contributed by atoms with E-state index in [9.17, 15) is 4.79 Å². The summed E-state index contributed by atoms with van der Waals surface area (Å²) in [6.07, 6.45) is 1.64. The van der Waals surface area contributed by atoms with Gasteiger partial charge in [-0.05, 0) is 30.5 Å². The van der Waals surface area contributed by atoms with Crippen LogP contribution in [0.2, 0.25) is 0 Å². The zero-order valence-electron chi connectivity index (χ0n) is 12.1. The van der Waals surface area contributed by atoms with Crippen molar-refractivity contribution in [2.75, 3.05) is 32.1 Å². The van der Waals surface area contributed by atoms with Gasteiger partial charge in [-0.3, -0.25) is 4.79 Å². The molecule has 0 aromatic heterocycles. The van der Waals surface area contributed by atoms with E-state index in [4.69, 9.17) is 5.73 Å². The summed E-state index contributed by atoms with van der Waals surface area (Å²) in [6, 6.07) is 8.25. The highest BCUT2D eigenvalue weighted by molar-refractivity contribution is 5.79. The molecule has 1 rings (SSSR count). The SMILES string of the molecule is CCCNC(=O)C(CN)Cc1ccc(N(C)C)cc1. The smallest absolute Gasteiger partial charge is 0.224 e. The molecule has 0 fully saturated rings. The predicted molar refractivity (Wildman–Crippen MR) is 80.3 cm³/mol. The Morgan fingerprint density at radius 2 is 1.95 bits per heavy atom. The van der Waals surface area contributed by atoms with Gasteiger partial charge in [0, 0.05) is 32.9 Å². The van der Waals surface area contributed by atoms with Crippen LogP contribution in [0.15, 0.2) is 24.3 Å². The molecule has 0 heterocycles. The standard InChI is InChI=1S/C15H25N3O/c1-4-9-17-15(19)13(11-16)10-12-5-7-14(8-6-12)18(2)3/h5-8,13H,4,9-11,16H2,1-3H3,(H,17,19). The zero-order chi connectivity index (χ0) is 14.3. The first-order valence-corrected chi connectivity index (χ1v) is 6.82. The third-order valence-electron chi connectivity index (χ3n) is 3.14. The second kappa shape index (κ2) is 7.79. The number of nitrogens with two attached hydrogens (primary N) is 1. The fraction of sp³-hybridized carbons (Fsp3) is 0.533. The molecule has 1 unspecified atom stereocenters. The fourth-order valence-electron chi connectivity index (χ4n) is 1.89. The van der Waals surface area contributed by atoms with Gasteiger partial charge in [-0.25, -0.2) is 0 Å². The number of rotatable bonds is 7. The Kier molecular flexibility index (Phi) is 6.36. The maximum absolute atomic E-state index is 11.9. The van der Waals surface area contributed by atoms with Crippen molar-refractivity contribution < 1.29 is 4.79 Å². The molecule has 19 heavy (non-hydrogen) atoms. The Hall–Kier alpha value is -1.55. The number of benzene rings is 1. The molecule has 1 aromatic rings. The summed E-state index contributed by atoms with van der Waals surface area (Å²) in [5, 5.41) is 2.91. The second-order valence-electron chi connectivity index (χ2n) is 4.99. The number of hydrogen-bond acceptors (Lipinski definition) is 3. The number of nitrogens with zero attached hydrogens (tertiary/aromatic N) is 1. The van der Waals surface area contributed by atoms with Gasteiger partial charge in [0.2, 0.25) is 5.91 Å². The second-order valence-corrected chi connectivity index (χ2v) is 4.99. The molecular weight excluding hydrogens is 238 g/mol. The van der Waals surface area contributed by atoms with Crippen molar-refractivity contribution >= 4 is 11.6 Å². The molecule has 106 valence electrons. The molecule has 0 bridgehead atoms. The van der Waals surface area contributed by atoms with Crippen LogP contribution in [0.1, 0.15) is 18.9 Å². The van der Waals surface area contributed by atoms with E-state index in [1.807, 2.05) is 21.0 Å². The number of hydrogen-bond donors (Lipinski definition) is 2. The average molecular weight is 263 g/mol. The molecule has 1 aromatic carbocycles. The molecule has 0 saturated heterocycles. The maximum Gasteiger partial charge on any atom is 0.224 e. The first-order chi connectivity index (χ1) is 9.08. The van der Waals surface area contributed by atoms with Crippen LogP contribution in [-0.4, -0.2) is 33.1 Å². The monoisotopic (exact) mass is 263 g/mol. The van der Waals surface area contributed by atoms with Gasteiger partial charge in [0.15, 0.2) is 0 Å². The molecule has 1 atom stereocenters. The summed E-state index contributed by atoms with van der Waals surface area (Å²) in [4.78, 5) is 14.0. The van der Waals surface area contributed by atoms with Crippen molar-refractivity contribution in [1.29, 1.82) is 0 Å². The first-order valence-electron chi connectivity index (χ1n) is 6.82. The lowest BCUT2D eigenvalue weighted by Crippen LogP contribution is -2.36. The summed E-state index contributed by atoms with van der Waals surface area (Å²) < 4.78 is 0. The van der Waals surface area contributed by atoms with E-state index in [-0.39, 0.29) is 11.8 Å². The Labute approximate surface area is 116 Å². The van der Waals surface area contributed by atoms with Crippen LogP contribution in [0.3, 0.4) is 0 Å². The minimum Gasteiger partial charge on any atom is -0.378 e. The van der Waals surface area contributed by atoms with Crippen molar-refractivity contribution in [1.82, 2.24) is 5.32 Å². The normalized spacial score (nSPS) is 12.0. The van der Waals surface area contributed by atoms with E-state index in [0.29, 0.717) is 13.0 Å². The number of amides is 1. The third-order valence-corrected chi connectivity index (χ3v) is 3.14. The quantitative estimate of drug-likeness (QED) is 0.781. The van der Waals surface area contributed by atoms with Crippen molar-refractivity contribution in [3.8, 4) is 0 Å². The van der Waals surface area contributed by atoms with Gasteiger partial charge in [-0.15, -0.1) is 0 Å². The Bertz CT molecular complexity index is 387. The molecule has 1 amide bonds. The van der Waals surface area contributed by atoms with Crippen LogP contribution in [0.25, 0.3) is 0 Å². The molecule has 3 N–H and O–H groups in total. The van der Waals surface area contributed by atoms with E-state index in [1.165, 1.54) is 0 Å².